The maximum absolute atomic E-state index is 13.6. The van der Waals surface area contributed by atoms with Crippen molar-refractivity contribution in [2.24, 2.45) is 0 Å². The van der Waals surface area contributed by atoms with E-state index in [0.29, 0.717) is 5.56 Å². The van der Waals surface area contributed by atoms with Crippen molar-refractivity contribution in [3.05, 3.63) is 35.7 Å². The Morgan fingerprint density at radius 2 is 1.93 bits per heavy atom. The number of carbonyl (C=O) groups excluding carboxylic acids is 3. The largest absolute Gasteiger partial charge is 0.494 e. The molecule has 0 fully saturated rings. The smallest absolute Gasteiger partial charge is 0.331 e. The predicted octanol–water partition coefficient (Wildman–Crippen LogP) is 1.76. The van der Waals surface area contributed by atoms with E-state index in [1.165, 1.54) is 32.4 Å². The Hall–Kier alpha value is -2.90. The second-order valence-corrected chi connectivity index (χ2v) is 6.88. The third kappa shape index (κ3) is 8.35. The standard InChI is InChI=1S/C19H25FN2O5/c1-19(2,3)21-16(23)11-22(4)17(24)12-27-18(25)9-7-13-6-8-15(26-5)14(20)10-13/h6-10H,11-12H2,1-5H3,(H,21,23)/b9-7+. The molecular weight excluding hydrogens is 355 g/mol. The van der Waals surface area contributed by atoms with Crippen LogP contribution in [0.15, 0.2) is 24.3 Å². The summed E-state index contributed by atoms with van der Waals surface area (Å²) in [6.07, 6.45) is 2.44. The maximum atomic E-state index is 13.6. The predicted molar refractivity (Wildman–Crippen MR) is 98.5 cm³/mol. The lowest BCUT2D eigenvalue weighted by atomic mass is 10.1. The van der Waals surface area contributed by atoms with Crippen molar-refractivity contribution in [1.82, 2.24) is 10.2 Å². The molecule has 0 heterocycles. The Bertz CT molecular complexity index is 725. The Labute approximate surface area is 158 Å². The van der Waals surface area contributed by atoms with Crippen molar-refractivity contribution in [2.75, 3.05) is 27.3 Å². The molecule has 1 N–H and O–H groups in total. The van der Waals surface area contributed by atoms with Crippen LogP contribution in [0, 0.1) is 5.82 Å². The fourth-order valence-electron chi connectivity index (χ4n) is 2.00. The van der Waals surface area contributed by atoms with Gasteiger partial charge < -0.3 is 19.7 Å². The molecule has 0 aliphatic heterocycles. The van der Waals surface area contributed by atoms with Crippen LogP contribution < -0.4 is 10.1 Å². The number of benzene rings is 1. The number of hydrogen-bond acceptors (Lipinski definition) is 5. The molecule has 0 bridgehead atoms. The number of carbonyl (C=O) groups is 3. The minimum absolute atomic E-state index is 0.0962. The van der Waals surface area contributed by atoms with E-state index in [1.807, 2.05) is 20.8 Å². The summed E-state index contributed by atoms with van der Waals surface area (Å²) in [7, 11) is 2.79. The third-order valence-corrected chi connectivity index (χ3v) is 3.25. The van der Waals surface area contributed by atoms with Gasteiger partial charge in [0.2, 0.25) is 5.91 Å². The summed E-state index contributed by atoms with van der Waals surface area (Å²) in [6, 6.07) is 4.20. The van der Waals surface area contributed by atoms with E-state index in [0.717, 1.165) is 11.0 Å². The number of amides is 2. The van der Waals surface area contributed by atoms with Crippen LogP contribution in [0.2, 0.25) is 0 Å². The van der Waals surface area contributed by atoms with Crippen LogP contribution in [0.5, 0.6) is 5.75 Å². The molecule has 7 nitrogen and oxygen atoms in total. The van der Waals surface area contributed by atoms with Crippen LogP contribution in [0.4, 0.5) is 4.39 Å². The van der Waals surface area contributed by atoms with Gasteiger partial charge in [0.1, 0.15) is 0 Å². The lowest BCUT2D eigenvalue weighted by Crippen LogP contribution is -2.46. The van der Waals surface area contributed by atoms with Crippen LogP contribution in [0.1, 0.15) is 26.3 Å². The van der Waals surface area contributed by atoms with Gasteiger partial charge in [0.25, 0.3) is 5.91 Å². The first-order valence-electron chi connectivity index (χ1n) is 8.25. The lowest BCUT2D eigenvalue weighted by molar-refractivity contribution is -0.148. The number of esters is 1. The summed E-state index contributed by atoms with van der Waals surface area (Å²) < 4.78 is 23.2. The first-order chi connectivity index (χ1) is 12.5. The van der Waals surface area contributed by atoms with Crippen molar-refractivity contribution < 1.29 is 28.2 Å². The number of ether oxygens (including phenoxy) is 2. The molecule has 0 spiro atoms. The van der Waals surface area contributed by atoms with E-state index in [4.69, 9.17) is 9.47 Å². The number of rotatable bonds is 7. The molecule has 27 heavy (non-hydrogen) atoms. The van der Waals surface area contributed by atoms with E-state index < -0.39 is 29.8 Å². The molecule has 1 aromatic rings. The van der Waals surface area contributed by atoms with Gasteiger partial charge in [0.05, 0.1) is 13.7 Å². The normalized spacial score (nSPS) is 11.2. The Morgan fingerprint density at radius 3 is 2.48 bits per heavy atom. The molecular formula is C19H25FN2O5. The molecule has 0 aromatic heterocycles. The summed E-state index contributed by atoms with van der Waals surface area (Å²) in [5.41, 5.74) is 0.0339. The molecule has 1 aromatic carbocycles. The fraction of sp³-hybridized carbons (Fsp3) is 0.421. The van der Waals surface area contributed by atoms with Crippen LogP contribution in [-0.4, -0.2) is 55.5 Å². The van der Waals surface area contributed by atoms with Crippen molar-refractivity contribution in [3.8, 4) is 5.75 Å². The van der Waals surface area contributed by atoms with Crippen molar-refractivity contribution in [1.29, 1.82) is 0 Å². The average Bonchev–Trinajstić information content (AvgIpc) is 2.56. The van der Waals surface area contributed by atoms with E-state index in [9.17, 15) is 18.8 Å². The summed E-state index contributed by atoms with van der Waals surface area (Å²) in [4.78, 5) is 36.5. The third-order valence-electron chi connectivity index (χ3n) is 3.25. The molecule has 0 aliphatic carbocycles. The number of likely N-dealkylation sites (N-methyl/N-ethyl adjacent to an activating group) is 1. The van der Waals surface area contributed by atoms with Gasteiger partial charge in [-0.25, -0.2) is 9.18 Å². The summed E-state index contributed by atoms with van der Waals surface area (Å²) in [6.45, 7) is 4.84. The lowest BCUT2D eigenvalue weighted by Gasteiger charge is -2.23. The molecule has 0 saturated carbocycles. The van der Waals surface area contributed by atoms with Gasteiger partial charge in [-0.1, -0.05) is 6.07 Å². The number of nitrogens with one attached hydrogen (secondary N) is 1. The highest BCUT2D eigenvalue weighted by Gasteiger charge is 2.18. The molecule has 0 atom stereocenters. The molecule has 0 saturated heterocycles. The number of halogens is 1. The van der Waals surface area contributed by atoms with Gasteiger partial charge >= 0.3 is 5.97 Å². The van der Waals surface area contributed by atoms with E-state index >= 15 is 0 Å². The highest BCUT2D eigenvalue weighted by Crippen LogP contribution is 2.18. The Kier molecular flexibility index (Phi) is 7.96. The minimum atomic E-state index is -0.757. The van der Waals surface area contributed by atoms with E-state index in [-0.39, 0.29) is 18.2 Å². The van der Waals surface area contributed by atoms with Crippen LogP contribution >= 0.6 is 0 Å². The quantitative estimate of drug-likeness (QED) is 0.576. The number of nitrogens with zero attached hydrogens (tertiary/aromatic N) is 1. The van der Waals surface area contributed by atoms with Gasteiger partial charge in [0.15, 0.2) is 18.2 Å². The monoisotopic (exact) mass is 380 g/mol. The highest BCUT2D eigenvalue weighted by atomic mass is 19.1. The molecule has 0 aliphatic rings. The second kappa shape index (κ2) is 9.70. The van der Waals surface area contributed by atoms with Gasteiger partial charge in [0, 0.05) is 18.7 Å². The topological polar surface area (TPSA) is 84.9 Å². The van der Waals surface area contributed by atoms with Crippen molar-refractivity contribution >= 4 is 23.9 Å². The SMILES string of the molecule is COc1ccc(/C=C/C(=O)OCC(=O)N(C)CC(=O)NC(C)(C)C)cc1F. The average molecular weight is 380 g/mol. The molecule has 2 amide bonds. The van der Waals surface area contributed by atoms with Gasteiger partial charge in [-0.05, 0) is 44.5 Å². The molecule has 1 rings (SSSR count). The minimum Gasteiger partial charge on any atom is -0.494 e. The molecule has 148 valence electrons. The summed E-state index contributed by atoms with van der Waals surface area (Å²) in [5.74, 6) is -2.05. The Balaban J connectivity index is 2.47. The van der Waals surface area contributed by atoms with Gasteiger partial charge in [-0.2, -0.15) is 0 Å². The van der Waals surface area contributed by atoms with Crippen LogP contribution in [-0.2, 0) is 19.1 Å². The zero-order chi connectivity index (χ0) is 20.6. The molecule has 8 heteroatoms. The first-order valence-corrected chi connectivity index (χ1v) is 8.25. The number of methoxy groups -OCH3 is 1. The molecule has 0 radical (unpaired) electrons. The summed E-state index contributed by atoms with van der Waals surface area (Å²) >= 11 is 0. The highest BCUT2D eigenvalue weighted by molar-refractivity contribution is 5.90. The number of hydrogen-bond donors (Lipinski definition) is 1. The van der Waals surface area contributed by atoms with Gasteiger partial charge in [-0.15, -0.1) is 0 Å². The summed E-state index contributed by atoms with van der Waals surface area (Å²) in [5, 5.41) is 2.73. The Morgan fingerprint density at radius 1 is 1.26 bits per heavy atom. The van der Waals surface area contributed by atoms with Crippen LogP contribution in [0.3, 0.4) is 0 Å². The van der Waals surface area contributed by atoms with E-state index in [2.05, 4.69) is 5.32 Å². The van der Waals surface area contributed by atoms with Crippen LogP contribution in [0.25, 0.3) is 6.08 Å². The van der Waals surface area contributed by atoms with Gasteiger partial charge in [-0.3, -0.25) is 9.59 Å². The first kappa shape index (κ1) is 22.1. The zero-order valence-corrected chi connectivity index (χ0v) is 16.2. The molecule has 0 unspecified atom stereocenters. The zero-order valence-electron chi connectivity index (χ0n) is 16.2. The van der Waals surface area contributed by atoms with E-state index in [1.54, 1.807) is 6.07 Å². The fourth-order valence-corrected chi connectivity index (χ4v) is 2.00. The maximum Gasteiger partial charge on any atom is 0.331 e. The van der Waals surface area contributed by atoms with Crippen molar-refractivity contribution in [2.45, 2.75) is 26.3 Å². The van der Waals surface area contributed by atoms with Crippen molar-refractivity contribution in [3.63, 3.8) is 0 Å². The second-order valence-electron chi connectivity index (χ2n) is 6.88.